The van der Waals surface area contributed by atoms with Gasteiger partial charge in [0.1, 0.15) is 5.78 Å². The fraction of sp³-hybridized carbons (Fsp3) is 0.562. The Labute approximate surface area is 123 Å². The molecule has 0 amide bonds. The van der Waals surface area contributed by atoms with E-state index in [1.54, 1.807) is 0 Å². The molecule has 1 aliphatic rings. The van der Waals surface area contributed by atoms with Crippen LogP contribution in [0.4, 0.5) is 0 Å². The summed E-state index contributed by atoms with van der Waals surface area (Å²) in [5.41, 5.74) is 1.23. The maximum atomic E-state index is 11.6. The van der Waals surface area contributed by atoms with Crippen molar-refractivity contribution in [2.24, 2.45) is 11.8 Å². The molecule has 104 valence electrons. The molecule has 1 aliphatic carbocycles. The lowest BCUT2D eigenvalue weighted by Gasteiger charge is -2.27. The van der Waals surface area contributed by atoms with Gasteiger partial charge in [0.05, 0.1) is 11.9 Å². The van der Waals surface area contributed by atoms with E-state index in [0.717, 1.165) is 32.3 Å². The highest BCUT2D eigenvalue weighted by atomic mass is 79.9. The Hall–Kier alpha value is -0.670. The standard InChI is InChI=1S/C16H21BrO2/c17-10-16(18)15-8-6-14(7-9-15)12-19-11-13-4-2-1-3-5-13/h1-5,14-15H,6-12H2/t14-,15-. The van der Waals surface area contributed by atoms with Crippen molar-refractivity contribution in [3.63, 3.8) is 0 Å². The van der Waals surface area contributed by atoms with E-state index < -0.39 is 0 Å². The number of Topliss-reactive ketones (excluding diaryl/α,β-unsaturated/α-hetero) is 1. The van der Waals surface area contributed by atoms with Gasteiger partial charge in [-0.05, 0) is 37.2 Å². The van der Waals surface area contributed by atoms with Crippen LogP contribution >= 0.6 is 15.9 Å². The fourth-order valence-corrected chi connectivity index (χ4v) is 3.14. The number of ether oxygens (including phenoxy) is 1. The largest absolute Gasteiger partial charge is 0.376 e. The Kier molecular flexibility index (Phi) is 6.05. The molecule has 0 unspecified atom stereocenters. The van der Waals surface area contributed by atoms with Crippen molar-refractivity contribution in [1.29, 1.82) is 0 Å². The van der Waals surface area contributed by atoms with Crippen LogP contribution in [0.3, 0.4) is 0 Å². The summed E-state index contributed by atoms with van der Waals surface area (Å²) in [4.78, 5) is 11.6. The summed E-state index contributed by atoms with van der Waals surface area (Å²) in [5, 5.41) is 0.507. The molecule has 0 heterocycles. The summed E-state index contributed by atoms with van der Waals surface area (Å²) >= 11 is 3.26. The topological polar surface area (TPSA) is 26.3 Å². The zero-order chi connectivity index (χ0) is 13.5. The van der Waals surface area contributed by atoms with E-state index in [2.05, 4.69) is 28.1 Å². The second-order valence-corrected chi connectivity index (χ2v) is 5.88. The summed E-state index contributed by atoms with van der Waals surface area (Å²) < 4.78 is 5.79. The highest BCUT2D eigenvalue weighted by Crippen LogP contribution is 2.30. The first kappa shape index (κ1) is 14.7. The number of carbonyl (C=O) groups excluding carboxylic acids is 1. The molecule has 0 saturated heterocycles. The van der Waals surface area contributed by atoms with Gasteiger partial charge in [-0.2, -0.15) is 0 Å². The summed E-state index contributed by atoms with van der Waals surface area (Å²) in [5.74, 6) is 1.27. The molecule has 1 aromatic rings. The SMILES string of the molecule is O=C(CBr)[C@H]1CC[C@H](COCc2ccccc2)CC1. The average Bonchev–Trinajstić information content (AvgIpc) is 2.48. The van der Waals surface area contributed by atoms with Gasteiger partial charge in [-0.1, -0.05) is 46.3 Å². The van der Waals surface area contributed by atoms with Crippen LogP contribution in [0.5, 0.6) is 0 Å². The number of carbonyl (C=O) groups is 1. The summed E-state index contributed by atoms with van der Waals surface area (Å²) in [6, 6.07) is 10.3. The minimum absolute atomic E-state index is 0.282. The van der Waals surface area contributed by atoms with Crippen molar-refractivity contribution in [2.45, 2.75) is 32.3 Å². The van der Waals surface area contributed by atoms with Crippen LogP contribution in [0, 0.1) is 11.8 Å². The second-order valence-electron chi connectivity index (χ2n) is 5.32. The lowest BCUT2D eigenvalue weighted by Crippen LogP contribution is -2.24. The van der Waals surface area contributed by atoms with E-state index in [-0.39, 0.29) is 5.92 Å². The summed E-state index contributed by atoms with van der Waals surface area (Å²) in [6.07, 6.45) is 4.31. The molecular weight excluding hydrogens is 304 g/mol. The van der Waals surface area contributed by atoms with Crippen LogP contribution in [-0.2, 0) is 16.1 Å². The number of alkyl halides is 1. The Bertz CT molecular complexity index is 383. The van der Waals surface area contributed by atoms with Crippen LogP contribution < -0.4 is 0 Å². The van der Waals surface area contributed by atoms with Crippen LogP contribution in [0.25, 0.3) is 0 Å². The Balaban J connectivity index is 1.65. The van der Waals surface area contributed by atoms with E-state index in [1.165, 1.54) is 5.56 Å². The van der Waals surface area contributed by atoms with Crippen LogP contribution in [0.1, 0.15) is 31.2 Å². The van der Waals surface area contributed by atoms with E-state index in [9.17, 15) is 4.79 Å². The van der Waals surface area contributed by atoms with Crippen molar-refractivity contribution in [3.8, 4) is 0 Å². The second kappa shape index (κ2) is 7.81. The number of halogens is 1. The van der Waals surface area contributed by atoms with Gasteiger partial charge in [0, 0.05) is 12.5 Å². The quantitative estimate of drug-likeness (QED) is 0.740. The van der Waals surface area contributed by atoms with Gasteiger partial charge in [-0.3, -0.25) is 4.79 Å². The lowest BCUT2D eigenvalue weighted by atomic mass is 9.81. The number of benzene rings is 1. The van der Waals surface area contributed by atoms with Gasteiger partial charge in [0.15, 0.2) is 0 Å². The van der Waals surface area contributed by atoms with Crippen molar-refractivity contribution >= 4 is 21.7 Å². The van der Waals surface area contributed by atoms with Gasteiger partial charge < -0.3 is 4.74 Å². The van der Waals surface area contributed by atoms with Crippen LogP contribution in [-0.4, -0.2) is 17.7 Å². The smallest absolute Gasteiger partial charge is 0.146 e. The summed E-state index contributed by atoms with van der Waals surface area (Å²) in [6.45, 7) is 1.52. The first-order chi connectivity index (χ1) is 9.29. The van der Waals surface area contributed by atoms with E-state index in [4.69, 9.17) is 4.74 Å². The third-order valence-electron chi connectivity index (χ3n) is 3.90. The van der Waals surface area contributed by atoms with Crippen LogP contribution in [0.15, 0.2) is 30.3 Å². The molecule has 1 fully saturated rings. The van der Waals surface area contributed by atoms with Crippen molar-refractivity contribution in [3.05, 3.63) is 35.9 Å². The molecule has 0 radical (unpaired) electrons. The van der Waals surface area contributed by atoms with Crippen molar-refractivity contribution in [2.75, 3.05) is 11.9 Å². The maximum Gasteiger partial charge on any atom is 0.146 e. The molecule has 0 bridgehead atoms. The zero-order valence-corrected chi connectivity index (χ0v) is 12.8. The lowest BCUT2D eigenvalue weighted by molar-refractivity contribution is -0.121. The number of rotatable bonds is 6. The first-order valence-electron chi connectivity index (χ1n) is 7.00. The Morgan fingerprint density at radius 1 is 1.16 bits per heavy atom. The molecule has 1 saturated carbocycles. The third kappa shape index (κ3) is 4.73. The normalized spacial score (nSPS) is 23.2. The third-order valence-corrected chi connectivity index (χ3v) is 4.45. The van der Waals surface area contributed by atoms with Gasteiger partial charge in [-0.15, -0.1) is 0 Å². The molecule has 2 nitrogen and oxygen atoms in total. The maximum absolute atomic E-state index is 11.6. The molecule has 3 heteroatoms. The molecule has 0 aliphatic heterocycles. The van der Waals surface area contributed by atoms with Crippen LogP contribution in [0.2, 0.25) is 0 Å². The molecule has 0 N–H and O–H groups in total. The van der Waals surface area contributed by atoms with Gasteiger partial charge in [0.2, 0.25) is 0 Å². The van der Waals surface area contributed by atoms with Gasteiger partial charge in [-0.25, -0.2) is 0 Å². The highest BCUT2D eigenvalue weighted by molar-refractivity contribution is 9.09. The number of hydrogen-bond acceptors (Lipinski definition) is 2. The molecule has 0 spiro atoms. The monoisotopic (exact) mass is 324 g/mol. The Morgan fingerprint density at radius 2 is 1.84 bits per heavy atom. The zero-order valence-electron chi connectivity index (χ0n) is 11.2. The number of hydrogen-bond donors (Lipinski definition) is 0. The summed E-state index contributed by atoms with van der Waals surface area (Å²) in [7, 11) is 0. The highest BCUT2D eigenvalue weighted by Gasteiger charge is 2.25. The minimum atomic E-state index is 0.282. The van der Waals surface area contributed by atoms with Gasteiger partial charge in [0.25, 0.3) is 0 Å². The van der Waals surface area contributed by atoms with E-state index in [1.807, 2.05) is 18.2 Å². The predicted octanol–water partition coefficient (Wildman–Crippen LogP) is 3.97. The molecule has 19 heavy (non-hydrogen) atoms. The van der Waals surface area contributed by atoms with Crippen molar-refractivity contribution in [1.82, 2.24) is 0 Å². The number of ketones is 1. The van der Waals surface area contributed by atoms with Gasteiger partial charge >= 0.3 is 0 Å². The predicted molar refractivity (Wildman–Crippen MR) is 80.3 cm³/mol. The first-order valence-corrected chi connectivity index (χ1v) is 8.12. The molecular formula is C16H21BrO2. The minimum Gasteiger partial charge on any atom is -0.376 e. The molecule has 2 rings (SSSR count). The molecule has 0 atom stereocenters. The fourth-order valence-electron chi connectivity index (χ4n) is 2.68. The molecule has 0 aromatic heterocycles. The Morgan fingerprint density at radius 3 is 2.47 bits per heavy atom. The van der Waals surface area contributed by atoms with Crippen molar-refractivity contribution < 1.29 is 9.53 Å². The molecule has 1 aromatic carbocycles. The average molecular weight is 325 g/mol. The van der Waals surface area contributed by atoms with E-state index >= 15 is 0 Å². The van der Waals surface area contributed by atoms with E-state index in [0.29, 0.717) is 23.6 Å².